The molecule has 84 valence electrons. The Morgan fingerprint density at radius 2 is 1.94 bits per heavy atom. The number of rotatable bonds is 2. The molecule has 2 aromatic rings. The second-order valence-corrected chi connectivity index (χ2v) is 4.51. The molecule has 1 amide bonds. The van der Waals surface area contributed by atoms with Crippen LogP contribution in [0.4, 0.5) is 0 Å². The van der Waals surface area contributed by atoms with Crippen molar-refractivity contribution < 1.29 is 4.79 Å². The maximum atomic E-state index is 11.7. The molecule has 0 aliphatic carbocycles. The first-order chi connectivity index (χ1) is 8.20. The van der Waals surface area contributed by atoms with E-state index in [-0.39, 0.29) is 12.5 Å². The van der Waals surface area contributed by atoms with Crippen molar-refractivity contribution >= 4 is 32.6 Å². The van der Waals surface area contributed by atoms with Gasteiger partial charge >= 0.3 is 0 Å². The molecule has 3 heteroatoms. The Balaban J connectivity index is 2.35. The third kappa shape index (κ3) is 2.66. The summed E-state index contributed by atoms with van der Waals surface area (Å²) in [5.74, 6) is 2.23. The van der Waals surface area contributed by atoms with E-state index in [1.54, 1.807) is 6.07 Å². The molecule has 0 aliphatic heterocycles. The van der Waals surface area contributed by atoms with Crippen molar-refractivity contribution in [2.75, 3.05) is 6.54 Å². The predicted octanol–water partition coefficient (Wildman–Crippen LogP) is 2.97. The van der Waals surface area contributed by atoms with Crippen molar-refractivity contribution in [1.82, 2.24) is 5.32 Å². The van der Waals surface area contributed by atoms with E-state index < -0.39 is 0 Å². The van der Waals surface area contributed by atoms with Gasteiger partial charge in [-0.2, -0.15) is 0 Å². The van der Waals surface area contributed by atoms with Gasteiger partial charge in [-0.25, -0.2) is 0 Å². The van der Waals surface area contributed by atoms with Crippen LogP contribution in [-0.2, 0) is 0 Å². The summed E-state index contributed by atoms with van der Waals surface area (Å²) in [7, 11) is 0. The van der Waals surface area contributed by atoms with Crippen molar-refractivity contribution in [3.63, 3.8) is 0 Å². The van der Waals surface area contributed by atoms with E-state index >= 15 is 0 Å². The molecule has 0 spiro atoms. The highest BCUT2D eigenvalue weighted by atomic mass is 79.9. The van der Waals surface area contributed by atoms with Crippen molar-refractivity contribution in [3.05, 3.63) is 46.4 Å². The highest BCUT2D eigenvalue weighted by molar-refractivity contribution is 9.10. The van der Waals surface area contributed by atoms with Crippen molar-refractivity contribution in [2.45, 2.75) is 0 Å². The molecular weight excluding hydrogens is 278 g/mol. The topological polar surface area (TPSA) is 29.1 Å². The van der Waals surface area contributed by atoms with Crippen LogP contribution in [-0.4, -0.2) is 12.5 Å². The summed E-state index contributed by atoms with van der Waals surface area (Å²) < 4.78 is 1.02. The Morgan fingerprint density at radius 1 is 1.24 bits per heavy atom. The number of halogens is 1. The molecule has 0 unspecified atom stereocenters. The minimum absolute atomic E-state index is 0.146. The standard InChI is InChI=1S/C14H10BrNO/c1-2-7-16-14(17)12-4-3-11-9-13(15)6-5-10(11)8-12/h1,3-6,8-9H,7H2,(H,16,17). The molecule has 0 atom stereocenters. The maximum Gasteiger partial charge on any atom is 0.252 e. The van der Waals surface area contributed by atoms with Gasteiger partial charge in [0, 0.05) is 10.0 Å². The van der Waals surface area contributed by atoms with E-state index in [0.29, 0.717) is 5.56 Å². The van der Waals surface area contributed by atoms with Gasteiger partial charge in [-0.05, 0) is 35.0 Å². The molecule has 2 nitrogen and oxygen atoms in total. The molecule has 2 rings (SSSR count). The molecule has 0 saturated carbocycles. The zero-order chi connectivity index (χ0) is 12.3. The summed E-state index contributed by atoms with van der Waals surface area (Å²) >= 11 is 3.41. The second kappa shape index (κ2) is 5.03. The van der Waals surface area contributed by atoms with Crippen molar-refractivity contribution in [3.8, 4) is 12.3 Å². The number of hydrogen-bond acceptors (Lipinski definition) is 1. The minimum atomic E-state index is -0.146. The smallest absolute Gasteiger partial charge is 0.252 e. The minimum Gasteiger partial charge on any atom is -0.341 e. The molecule has 17 heavy (non-hydrogen) atoms. The summed E-state index contributed by atoms with van der Waals surface area (Å²) in [4.78, 5) is 11.7. The summed E-state index contributed by atoms with van der Waals surface area (Å²) in [6.45, 7) is 0.247. The van der Waals surface area contributed by atoms with Gasteiger partial charge in [0.1, 0.15) is 0 Å². The first-order valence-electron chi connectivity index (χ1n) is 5.11. The van der Waals surface area contributed by atoms with Crippen LogP contribution >= 0.6 is 15.9 Å². The monoisotopic (exact) mass is 287 g/mol. The number of benzene rings is 2. The fraction of sp³-hybridized carbons (Fsp3) is 0.0714. The molecule has 0 aliphatic rings. The molecule has 0 bridgehead atoms. The lowest BCUT2D eigenvalue weighted by atomic mass is 10.1. The van der Waals surface area contributed by atoms with Gasteiger partial charge in [0.15, 0.2) is 0 Å². The number of hydrogen-bond donors (Lipinski definition) is 1. The first kappa shape index (κ1) is 11.7. The Bertz CT molecular complexity index is 613. The average molecular weight is 288 g/mol. The molecule has 0 aromatic heterocycles. The third-order valence-electron chi connectivity index (χ3n) is 2.42. The number of amides is 1. The summed E-state index contributed by atoms with van der Waals surface area (Å²) in [5.41, 5.74) is 0.620. The van der Waals surface area contributed by atoms with Gasteiger partial charge in [0.25, 0.3) is 5.91 Å². The lowest BCUT2D eigenvalue weighted by Gasteiger charge is -2.04. The second-order valence-electron chi connectivity index (χ2n) is 3.59. The van der Waals surface area contributed by atoms with E-state index in [9.17, 15) is 4.79 Å². The maximum absolute atomic E-state index is 11.7. The highest BCUT2D eigenvalue weighted by Crippen LogP contribution is 2.20. The summed E-state index contributed by atoms with van der Waals surface area (Å²) in [6, 6.07) is 11.5. The van der Waals surface area contributed by atoms with Crippen LogP contribution in [0.3, 0.4) is 0 Å². The first-order valence-corrected chi connectivity index (χ1v) is 5.91. The SMILES string of the molecule is C#CCNC(=O)c1ccc2cc(Br)ccc2c1. The van der Waals surface area contributed by atoms with Gasteiger partial charge in [0.05, 0.1) is 6.54 Å². The molecule has 0 saturated heterocycles. The normalized spacial score (nSPS) is 9.88. The zero-order valence-corrected chi connectivity index (χ0v) is 10.6. The quantitative estimate of drug-likeness (QED) is 0.846. The fourth-order valence-electron chi connectivity index (χ4n) is 1.59. The molecule has 0 fully saturated rings. The van der Waals surface area contributed by atoms with Crippen LogP contribution in [0.15, 0.2) is 40.9 Å². The van der Waals surface area contributed by atoms with Crippen LogP contribution in [0.25, 0.3) is 10.8 Å². The Labute approximate surface area is 108 Å². The molecule has 0 heterocycles. The Hall–Kier alpha value is -1.79. The molecular formula is C14H10BrNO. The largest absolute Gasteiger partial charge is 0.341 e. The van der Waals surface area contributed by atoms with Crippen molar-refractivity contribution in [2.24, 2.45) is 0 Å². The average Bonchev–Trinajstić information content (AvgIpc) is 2.35. The molecule has 0 radical (unpaired) electrons. The van der Waals surface area contributed by atoms with Crippen molar-refractivity contribution in [1.29, 1.82) is 0 Å². The van der Waals surface area contributed by atoms with E-state index in [4.69, 9.17) is 6.42 Å². The number of fused-ring (bicyclic) bond motifs is 1. The number of carbonyl (C=O) groups excluding carboxylic acids is 1. The molecule has 2 aromatic carbocycles. The summed E-state index contributed by atoms with van der Waals surface area (Å²) in [6.07, 6.45) is 5.09. The Morgan fingerprint density at radius 3 is 2.71 bits per heavy atom. The third-order valence-corrected chi connectivity index (χ3v) is 2.91. The molecule has 1 N–H and O–H groups in total. The lowest BCUT2D eigenvalue weighted by Crippen LogP contribution is -2.23. The van der Waals surface area contributed by atoms with Crippen LogP contribution in [0, 0.1) is 12.3 Å². The van der Waals surface area contributed by atoms with E-state index in [1.807, 2.05) is 30.3 Å². The lowest BCUT2D eigenvalue weighted by molar-refractivity contribution is 0.0959. The van der Waals surface area contributed by atoms with Gasteiger partial charge in [0.2, 0.25) is 0 Å². The van der Waals surface area contributed by atoms with Gasteiger partial charge in [-0.3, -0.25) is 4.79 Å². The van der Waals surface area contributed by atoms with Crippen LogP contribution < -0.4 is 5.32 Å². The van der Waals surface area contributed by atoms with E-state index in [1.165, 1.54) is 0 Å². The van der Waals surface area contributed by atoms with Crippen LogP contribution in [0.1, 0.15) is 10.4 Å². The van der Waals surface area contributed by atoms with Gasteiger partial charge in [-0.15, -0.1) is 6.42 Å². The summed E-state index contributed by atoms with van der Waals surface area (Å²) in [5, 5.41) is 4.76. The van der Waals surface area contributed by atoms with Gasteiger partial charge < -0.3 is 5.32 Å². The number of carbonyl (C=O) groups is 1. The Kier molecular flexibility index (Phi) is 3.46. The van der Waals surface area contributed by atoms with Gasteiger partial charge in [-0.1, -0.05) is 34.0 Å². The fourth-order valence-corrected chi connectivity index (χ4v) is 1.97. The number of terminal acetylenes is 1. The zero-order valence-electron chi connectivity index (χ0n) is 9.03. The van der Waals surface area contributed by atoms with Crippen LogP contribution in [0.2, 0.25) is 0 Å². The van der Waals surface area contributed by atoms with E-state index in [2.05, 4.69) is 27.2 Å². The van der Waals surface area contributed by atoms with E-state index in [0.717, 1.165) is 15.2 Å². The highest BCUT2D eigenvalue weighted by Gasteiger charge is 2.05. The van der Waals surface area contributed by atoms with Crippen LogP contribution in [0.5, 0.6) is 0 Å². The predicted molar refractivity (Wildman–Crippen MR) is 72.8 cm³/mol. The number of nitrogens with one attached hydrogen (secondary N) is 1.